The maximum absolute atomic E-state index is 9.91. The van der Waals surface area contributed by atoms with Crippen molar-refractivity contribution in [3.8, 4) is 0 Å². The molecule has 0 fully saturated rings. The van der Waals surface area contributed by atoms with Gasteiger partial charge in [0.25, 0.3) is 0 Å². The zero-order valence-corrected chi connectivity index (χ0v) is 5.50. The van der Waals surface area contributed by atoms with Gasteiger partial charge in [-0.15, -0.1) is 0 Å². The van der Waals surface area contributed by atoms with Gasteiger partial charge in [-0.1, -0.05) is 0 Å². The third kappa shape index (κ3) is 7.14. The third-order valence-electron chi connectivity index (χ3n) is 0.860. The van der Waals surface area contributed by atoms with Crippen LogP contribution in [0.4, 0.5) is 0 Å². The van der Waals surface area contributed by atoms with Gasteiger partial charge in [0.05, 0.1) is 0 Å². The molecule has 0 spiro atoms. The first-order valence-corrected chi connectivity index (χ1v) is 2.93. The molecule has 0 aliphatic heterocycles. The Bertz CT molecular complexity index is 110. The summed E-state index contributed by atoms with van der Waals surface area (Å²) in [6.45, 7) is 2.45. The lowest BCUT2D eigenvalue weighted by atomic mass is 10.3. The average Bonchev–Trinajstić information content (AvgIpc) is 1.80. The molecule has 3 heteroatoms. The molecule has 0 saturated carbocycles. The molecule has 9 heavy (non-hydrogen) atoms. The summed E-state index contributed by atoms with van der Waals surface area (Å²) in [5.74, 6) is -0.749. The van der Waals surface area contributed by atoms with Crippen LogP contribution < -0.4 is 0 Å². The van der Waals surface area contributed by atoms with E-state index in [1.54, 1.807) is 6.21 Å². The van der Waals surface area contributed by atoms with E-state index in [0.717, 1.165) is 0 Å². The molecule has 0 aromatic heterocycles. The summed E-state index contributed by atoms with van der Waals surface area (Å²) in [6.07, 6.45) is 2.54. The second kappa shape index (κ2) is 5.28. The number of carbonyl (C=O) groups is 1. The Morgan fingerprint density at radius 2 is 2.44 bits per heavy atom. The largest absolute Gasteiger partial charge is 0.481 e. The van der Waals surface area contributed by atoms with Gasteiger partial charge in [0.2, 0.25) is 0 Å². The van der Waals surface area contributed by atoms with Crippen molar-refractivity contribution in [1.82, 2.24) is 0 Å². The minimum absolute atomic E-state index is 0.220. The second-order valence-electron chi connectivity index (χ2n) is 1.66. The number of rotatable bonds is 4. The lowest BCUT2D eigenvalue weighted by Crippen LogP contribution is -1.94. The molecule has 0 aliphatic rings. The Hall–Kier alpha value is -0.860. The molecule has 0 radical (unpaired) electrons. The number of nitrogens with zero attached hydrogens (tertiary/aromatic N) is 1. The Labute approximate surface area is 54.4 Å². The highest BCUT2D eigenvalue weighted by molar-refractivity contribution is 5.66. The summed E-state index contributed by atoms with van der Waals surface area (Å²) in [7, 11) is 0. The molecule has 52 valence electrons. The van der Waals surface area contributed by atoms with Crippen LogP contribution in [-0.4, -0.2) is 23.8 Å². The lowest BCUT2D eigenvalue weighted by molar-refractivity contribution is -0.137. The minimum atomic E-state index is -0.749. The van der Waals surface area contributed by atoms with Crippen LogP contribution in [0.15, 0.2) is 4.99 Å². The molecule has 0 aliphatic carbocycles. The standard InChI is InChI=1S/C6H11NO2/c1-2-7-5-3-4-6(8)9/h2H,3-5H2,1H3,(H,8,9)/b7-2-. The predicted octanol–water partition coefficient (Wildman–Crippen LogP) is 0.942. The van der Waals surface area contributed by atoms with Crippen molar-refractivity contribution in [3.05, 3.63) is 0 Å². The van der Waals surface area contributed by atoms with Crippen molar-refractivity contribution < 1.29 is 9.90 Å². The van der Waals surface area contributed by atoms with E-state index in [2.05, 4.69) is 4.99 Å². The van der Waals surface area contributed by atoms with Crippen LogP contribution in [0, 0.1) is 0 Å². The van der Waals surface area contributed by atoms with Gasteiger partial charge in [0, 0.05) is 13.0 Å². The van der Waals surface area contributed by atoms with E-state index in [1.165, 1.54) is 0 Å². The molecule has 0 aromatic carbocycles. The smallest absolute Gasteiger partial charge is 0.303 e. The van der Waals surface area contributed by atoms with Crippen molar-refractivity contribution in [2.75, 3.05) is 6.54 Å². The summed E-state index contributed by atoms with van der Waals surface area (Å²) in [5, 5.41) is 8.16. The zero-order valence-electron chi connectivity index (χ0n) is 5.50. The van der Waals surface area contributed by atoms with E-state index in [9.17, 15) is 4.79 Å². The van der Waals surface area contributed by atoms with Gasteiger partial charge in [-0.2, -0.15) is 0 Å². The van der Waals surface area contributed by atoms with Gasteiger partial charge in [0.1, 0.15) is 0 Å². The van der Waals surface area contributed by atoms with Crippen LogP contribution in [0.1, 0.15) is 19.8 Å². The fraction of sp³-hybridized carbons (Fsp3) is 0.667. The molecule has 0 bridgehead atoms. The number of aliphatic imine (C=N–C) groups is 1. The van der Waals surface area contributed by atoms with E-state index in [-0.39, 0.29) is 6.42 Å². The van der Waals surface area contributed by atoms with Crippen LogP contribution in [0.3, 0.4) is 0 Å². The van der Waals surface area contributed by atoms with Gasteiger partial charge in [-0.3, -0.25) is 9.79 Å². The van der Waals surface area contributed by atoms with E-state index < -0.39 is 5.97 Å². The summed E-state index contributed by atoms with van der Waals surface area (Å²) >= 11 is 0. The molecular weight excluding hydrogens is 118 g/mol. The topological polar surface area (TPSA) is 49.7 Å². The Balaban J connectivity index is 3.01. The minimum Gasteiger partial charge on any atom is -0.481 e. The van der Waals surface area contributed by atoms with E-state index in [0.29, 0.717) is 13.0 Å². The lowest BCUT2D eigenvalue weighted by Gasteiger charge is -1.88. The predicted molar refractivity (Wildman–Crippen MR) is 35.9 cm³/mol. The first kappa shape index (κ1) is 8.14. The van der Waals surface area contributed by atoms with Crippen LogP contribution in [-0.2, 0) is 4.79 Å². The van der Waals surface area contributed by atoms with Crippen LogP contribution >= 0.6 is 0 Å². The summed E-state index contributed by atoms with van der Waals surface area (Å²) in [4.78, 5) is 13.8. The molecule has 0 aromatic rings. The fourth-order valence-electron chi connectivity index (χ4n) is 0.451. The quantitative estimate of drug-likeness (QED) is 0.453. The van der Waals surface area contributed by atoms with E-state index in [1.807, 2.05) is 6.92 Å². The molecular formula is C6H11NO2. The van der Waals surface area contributed by atoms with Crippen molar-refractivity contribution in [1.29, 1.82) is 0 Å². The van der Waals surface area contributed by atoms with Gasteiger partial charge >= 0.3 is 5.97 Å². The molecule has 0 saturated heterocycles. The van der Waals surface area contributed by atoms with Crippen LogP contribution in [0.5, 0.6) is 0 Å². The molecule has 0 rings (SSSR count). The van der Waals surface area contributed by atoms with E-state index >= 15 is 0 Å². The molecule has 0 heterocycles. The van der Waals surface area contributed by atoms with Gasteiger partial charge < -0.3 is 5.11 Å². The third-order valence-corrected chi connectivity index (χ3v) is 0.860. The first-order valence-electron chi connectivity index (χ1n) is 2.93. The highest BCUT2D eigenvalue weighted by Crippen LogP contribution is 1.87. The molecule has 3 nitrogen and oxygen atoms in total. The van der Waals surface area contributed by atoms with Gasteiger partial charge in [-0.25, -0.2) is 0 Å². The summed E-state index contributed by atoms with van der Waals surface area (Å²) in [5.41, 5.74) is 0. The Kier molecular flexibility index (Phi) is 4.78. The number of carboxylic acid groups (broad SMARTS) is 1. The molecule has 1 N–H and O–H groups in total. The Morgan fingerprint density at radius 1 is 1.78 bits per heavy atom. The average molecular weight is 129 g/mol. The maximum Gasteiger partial charge on any atom is 0.303 e. The SMILES string of the molecule is C/C=N\CCCC(=O)O. The normalized spacial score (nSPS) is 10.3. The summed E-state index contributed by atoms with van der Waals surface area (Å²) in [6, 6.07) is 0. The molecule has 0 atom stereocenters. The van der Waals surface area contributed by atoms with Crippen molar-refractivity contribution in [3.63, 3.8) is 0 Å². The fourth-order valence-corrected chi connectivity index (χ4v) is 0.451. The zero-order chi connectivity index (χ0) is 7.11. The van der Waals surface area contributed by atoms with Crippen LogP contribution in [0.25, 0.3) is 0 Å². The Morgan fingerprint density at radius 3 is 2.89 bits per heavy atom. The monoisotopic (exact) mass is 129 g/mol. The highest BCUT2D eigenvalue weighted by Gasteiger charge is 1.92. The van der Waals surface area contributed by atoms with Crippen molar-refractivity contribution in [2.24, 2.45) is 4.99 Å². The first-order chi connectivity index (χ1) is 4.27. The maximum atomic E-state index is 9.91. The number of hydrogen-bond donors (Lipinski definition) is 1. The highest BCUT2D eigenvalue weighted by atomic mass is 16.4. The van der Waals surface area contributed by atoms with Crippen molar-refractivity contribution >= 4 is 12.2 Å². The van der Waals surface area contributed by atoms with Gasteiger partial charge in [-0.05, 0) is 19.6 Å². The number of aliphatic carboxylic acids is 1. The molecule has 0 unspecified atom stereocenters. The second-order valence-corrected chi connectivity index (χ2v) is 1.66. The van der Waals surface area contributed by atoms with Crippen molar-refractivity contribution in [2.45, 2.75) is 19.8 Å². The molecule has 0 amide bonds. The van der Waals surface area contributed by atoms with E-state index in [4.69, 9.17) is 5.11 Å². The number of carboxylic acids is 1. The van der Waals surface area contributed by atoms with Crippen LogP contribution in [0.2, 0.25) is 0 Å². The summed E-state index contributed by atoms with van der Waals surface area (Å²) < 4.78 is 0. The number of hydrogen-bond acceptors (Lipinski definition) is 2. The van der Waals surface area contributed by atoms with Gasteiger partial charge in [0.15, 0.2) is 0 Å².